The second-order valence-corrected chi connectivity index (χ2v) is 7.26. The summed E-state index contributed by atoms with van der Waals surface area (Å²) < 4.78 is 0. The molecule has 2 aliphatic rings. The fraction of sp³-hybridized carbons (Fsp3) is 0.429. The van der Waals surface area contributed by atoms with E-state index in [1.165, 1.54) is 5.56 Å². The Morgan fingerprint density at radius 1 is 1.19 bits per heavy atom. The number of carbonyl (C=O) groups excluding carboxylic acids is 1. The molecular weight excluding hydrogens is 324 g/mol. The molecule has 1 aromatic heterocycles. The van der Waals surface area contributed by atoms with E-state index in [9.17, 15) is 4.79 Å². The molecule has 5 nitrogen and oxygen atoms in total. The van der Waals surface area contributed by atoms with E-state index in [0.717, 1.165) is 56.8 Å². The maximum Gasteiger partial charge on any atom is 0.324 e. The summed E-state index contributed by atoms with van der Waals surface area (Å²) in [6, 6.07) is 15.1. The molecule has 26 heavy (non-hydrogen) atoms. The Balaban J connectivity index is 1.33. The van der Waals surface area contributed by atoms with E-state index in [1.54, 1.807) is 6.20 Å². The fourth-order valence-electron chi connectivity index (χ4n) is 3.98. The SMILES string of the molecule is CN(CCc1ccccc1)[C@H]1CCN(C(=O)N2CCc3ncccc32)C1. The molecule has 0 bridgehead atoms. The molecule has 1 atom stereocenters. The highest BCUT2D eigenvalue weighted by Gasteiger charge is 2.34. The van der Waals surface area contributed by atoms with Gasteiger partial charge in [0.1, 0.15) is 0 Å². The van der Waals surface area contributed by atoms with Gasteiger partial charge in [-0.1, -0.05) is 30.3 Å². The Labute approximate surface area is 155 Å². The molecule has 5 heteroatoms. The molecular formula is C21H26N4O. The van der Waals surface area contributed by atoms with Crippen molar-refractivity contribution in [1.29, 1.82) is 0 Å². The van der Waals surface area contributed by atoms with Gasteiger partial charge in [-0.15, -0.1) is 0 Å². The van der Waals surface area contributed by atoms with Gasteiger partial charge < -0.3 is 9.80 Å². The van der Waals surface area contributed by atoms with E-state index >= 15 is 0 Å². The van der Waals surface area contributed by atoms with Gasteiger partial charge in [0.25, 0.3) is 0 Å². The minimum absolute atomic E-state index is 0.135. The van der Waals surface area contributed by atoms with Crippen LogP contribution in [0.3, 0.4) is 0 Å². The first-order valence-electron chi connectivity index (χ1n) is 9.47. The number of likely N-dealkylation sites (tertiary alicyclic amines) is 1. The molecule has 0 radical (unpaired) electrons. The quantitative estimate of drug-likeness (QED) is 0.851. The number of fused-ring (bicyclic) bond motifs is 1. The number of carbonyl (C=O) groups is 1. The number of hydrogen-bond donors (Lipinski definition) is 0. The van der Waals surface area contributed by atoms with Gasteiger partial charge in [-0.2, -0.15) is 0 Å². The number of urea groups is 1. The number of rotatable bonds is 4. The van der Waals surface area contributed by atoms with E-state index in [4.69, 9.17) is 0 Å². The Kier molecular flexibility index (Phi) is 4.89. The van der Waals surface area contributed by atoms with Crippen molar-refractivity contribution >= 4 is 11.7 Å². The number of nitrogens with zero attached hydrogens (tertiary/aromatic N) is 4. The lowest BCUT2D eigenvalue weighted by atomic mass is 10.1. The van der Waals surface area contributed by atoms with Crippen LogP contribution in [0.2, 0.25) is 0 Å². The van der Waals surface area contributed by atoms with Crippen LogP contribution >= 0.6 is 0 Å². The monoisotopic (exact) mass is 350 g/mol. The van der Waals surface area contributed by atoms with E-state index in [-0.39, 0.29) is 6.03 Å². The topological polar surface area (TPSA) is 39.7 Å². The second-order valence-electron chi connectivity index (χ2n) is 7.26. The maximum absolute atomic E-state index is 13.0. The molecule has 0 spiro atoms. The Morgan fingerprint density at radius 3 is 2.88 bits per heavy atom. The highest BCUT2D eigenvalue weighted by Crippen LogP contribution is 2.28. The normalized spacial score (nSPS) is 19.2. The third-order valence-corrected chi connectivity index (χ3v) is 5.61. The predicted octanol–water partition coefficient (Wildman–Crippen LogP) is 2.81. The Bertz CT molecular complexity index is 764. The van der Waals surface area contributed by atoms with Crippen molar-refractivity contribution in [2.24, 2.45) is 0 Å². The van der Waals surface area contributed by atoms with Crippen molar-refractivity contribution in [1.82, 2.24) is 14.8 Å². The van der Waals surface area contributed by atoms with Gasteiger partial charge in [0.2, 0.25) is 0 Å². The summed E-state index contributed by atoms with van der Waals surface area (Å²) >= 11 is 0. The minimum atomic E-state index is 0.135. The zero-order chi connectivity index (χ0) is 17.9. The number of anilines is 1. The lowest BCUT2D eigenvalue weighted by molar-refractivity contribution is 0.205. The second kappa shape index (κ2) is 7.46. The number of benzene rings is 1. The van der Waals surface area contributed by atoms with E-state index < -0.39 is 0 Å². The van der Waals surface area contributed by atoms with Crippen molar-refractivity contribution in [3.63, 3.8) is 0 Å². The van der Waals surface area contributed by atoms with Gasteiger partial charge in [0.15, 0.2) is 0 Å². The van der Waals surface area contributed by atoms with Crippen molar-refractivity contribution in [3.05, 3.63) is 59.9 Å². The highest BCUT2D eigenvalue weighted by molar-refractivity contribution is 5.94. The molecule has 2 aromatic rings. The molecule has 0 N–H and O–H groups in total. The van der Waals surface area contributed by atoms with Gasteiger partial charge >= 0.3 is 6.03 Å². The summed E-state index contributed by atoms with van der Waals surface area (Å²) in [7, 11) is 2.18. The zero-order valence-corrected chi connectivity index (χ0v) is 15.3. The summed E-state index contributed by atoms with van der Waals surface area (Å²) in [5, 5.41) is 0. The lowest BCUT2D eigenvalue weighted by Gasteiger charge is -2.27. The molecule has 1 saturated heterocycles. The van der Waals surface area contributed by atoms with Crippen molar-refractivity contribution in [3.8, 4) is 0 Å². The maximum atomic E-state index is 13.0. The van der Waals surface area contributed by atoms with Crippen LogP contribution in [0.4, 0.5) is 10.5 Å². The van der Waals surface area contributed by atoms with Gasteiger partial charge in [-0.05, 0) is 37.6 Å². The molecule has 1 fully saturated rings. The number of hydrogen-bond acceptors (Lipinski definition) is 3. The smallest absolute Gasteiger partial charge is 0.323 e. The van der Waals surface area contributed by atoms with Crippen LogP contribution < -0.4 is 4.90 Å². The van der Waals surface area contributed by atoms with Crippen LogP contribution in [0.25, 0.3) is 0 Å². The van der Waals surface area contributed by atoms with Crippen LogP contribution in [0.15, 0.2) is 48.7 Å². The highest BCUT2D eigenvalue weighted by atomic mass is 16.2. The summed E-state index contributed by atoms with van der Waals surface area (Å²) in [5.74, 6) is 0. The molecule has 2 amide bonds. The molecule has 0 aliphatic carbocycles. The lowest BCUT2D eigenvalue weighted by Crippen LogP contribution is -2.43. The van der Waals surface area contributed by atoms with Gasteiger partial charge in [-0.25, -0.2) is 4.79 Å². The van der Waals surface area contributed by atoms with Crippen LogP contribution in [-0.2, 0) is 12.8 Å². The first-order valence-corrected chi connectivity index (χ1v) is 9.47. The molecule has 1 aromatic carbocycles. The van der Waals surface area contributed by atoms with Gasteiger partial charge in [-0.3, -0.25) is 9.88 Å². The fourth-order valence-corrected chi connectivity index (χ4v) is 3.98. The van der Waals surface area contributed by atoms with Crippen LogP contribution in [0.5, 0.6) is 0 Å². The van der Waals surface area contributed by atoms with Crippen LogP contribution in [0, 0.1) is 0 Å². The predicted molar refractivity (Wildman–Crippen MR) is 103 cm³/mol. The van der Waals surface area contributed by atoms with Crippen molar-refractivity contribution in [2.45, 2.75) is 25.3 Å². The Hall–Kier alpha value is -2.40. The molecule has 2 aliphatic heterocycles. The third kappa shape index (κ3) is 3.44. The molecule has 4 rings (SSSR count). The molecule has 0 saturated carbocycles. The number of likely N-dealkylation sites (N-methyl/N-ethyl adjacent to an activating group) is 1. The number of pyridine rings is 1. The Morgan fingerprint density at radius 2 is 2.04 bits per heavy atom. The van der Waals surface area contributed by atoms with Crippen LogP contribution in [-0.4, -0.2) is 60.1 Å². The standard InChI is InChI=1S/C21H26N4O/c1-23(13-9-17-6-3-2-4-7-17)18-10-14-24(16-18)21(26)25-15-11-19-20(25)8-5-12-22-19/h2-8,12,18H,9-11,13-16H2,1H3/t18-/m0/s1. The molecule has 136 valence electrons. The molecule has 3 heterocycles. The number of aromatic nitrogens is 1. The average Bonchev–Trinajstić information content (AvgIpc) is 3.34. The average molecular weight is 350 g/mol. The zero-order valence-electron chi connectivity index (χ0n) is 15.3. The number of amides is 2. The van der Waals surface area contributed by atoms with Gasteiger partial charge in [0.05, 0.1) is 11.4 Å². The summed E-state index contributed by atoms with van der Waals surface area (Å²) in [6.45, 7) is 3.42. The first-order chi connectivity index (χ1) is 12.7. The van der Waals surface area contributed by atoms with Crippen LogP contribution in [0.1, 0.15) is 17.7 Å². The first kappa shape index (κ1) is 17.0. The van der Waals surface area contributed by atoms with E-state index in [2.05, 4.69) is 47.3 Å². The van der Waals surface area contributed by atoms with Crippen molar-refractivity contribution in [2.75, 3.05) is 38.1 Å². The molecule has 0 unspecified atom stereocenters. The van der Waals surface area contributed by atoms with Crippen molar-refractivity contribution < 1.29 is 4.79 Å². The summed E-state index contributed by atoms with van der Waals surface area (Å²) in [5.41, 5.74) is 3.39. The minimum Gasteiger partial charge on any atom is -0.323 e. The summed E-state index contributed by atoms with van der Waals surface area (Å²) in [6.07, 6.45) is 4.76. The van der Waals surface area contributed by atoms with Gasteiger partial charge in [0, 0.05) is 44.8 Å². The van der Waals surface area contributed by atoms with E-state index in [1.807, 2.05) is 21.9 Å². The third-order valence-electron chi connectivity index (χ3n) is 5.61. The van der Waals surface area contributed by atoms with E-state index in [0.29, 0.717) is 6.04 Å². The largest absolute Gasteiger partial charge is 0.324 e. The summed E-state index contributed by atoms with van der Waals surface area (Å²) in [4.78, 5) is 23.7.